The maximum Gasteiger partial charge on any atom is 0.328 e. The van der Waals surface area contributed by atoms with Crippen molar-refractivity contribution in [3.8, 4) is 0 Å². The van der Waals surface area contributed by atoms with Gasteiger partial charge in [-0.15, -0.1) is 13.2 Å². The van der Waals surface area contributed by atoms with Gasteiger partial charge in [0.25, 0.3) is 0 Å². The number of rotatable bonds is 5. The first-order valence-corrected chi connectivity index (χ1v) is 3.51. The van der Waals surface area contributed by atoms with Crippen molar-refractivity contribution in [1.82, 2.24) is 10.4 Å². The first kappa shape index (κ1) is 10.2. The Morgan fingerprint density at radius 1 is 1.45 bits per heavy atom. The number of hydrogen-bond acceptors (Lipinski definition) is 2. The molecule has 1 N–H and O–H groups in total. The molecule has 11 heavy (non-hydrogen) atoms. The summed E-state index contributed by atoms with van der Waals surface area (Å²) < 4.78 is 0. The van der Waals surface area contributed by atoms with Gasteiger partial charge in [-0.05, 0) is 11.6 Å². The van der Waals surface area contributed by atoms with E-state index in [0.29, 0.717) is 13.1 Å². The summed E-state index contributed by atoms with van der Waals surface area (Å²) in [4.78, 5) is 10.3. The van der Waals surface area contributed by atoms with E-state index >= 15 is 0 Å². The number of nitrogens with one attached hydrogen (secondary N) is 1. The lowest BCUT2D eigenvalue weighted by Crippen LogP contribution is -2.39. The topological polar surface area (TPSA) is 32.3 Å². The molecule has 0 aromatic heterocycles. The summed E-state index contributed by atoms with van der Waals surface area (Å²) in [5.74, 6) is 0. The fraction of sp³-hybridized carbons (Fsp3) is 0.286. The summed E-state index contributed by atoms with van der Waals surface area (Å²) in [6.07, 6.45) is 3.33. The molecule has 0 saturated heterocycles. The summed E-state index contributed by atoms with van der Waals surface area (Å²) in [6, 6.07) is 0. The van der Waals surface area contributed by atoms with Crippen LogP contribution in [0.25, 0.3) is 0 Å². The quantitative estimate of drug-likeness (QED) is 0.297. The molecule has 0 unspecified atom stereocenters. The van der Waals surface area contributed by atoms with Crippen LogP contribution < -0.4 is 5.43 Å². The van der Waals surface area contributed by atoms with Gasteiger partial charge in [-0.2, -0.15) is 0 Å². The van der Waals surface area contributed by atoms with E-state index in [9.17, 15) is 4.79 Å². The maximum absolute atomic E-state index is 10.3. The van der Waals surface area contributed by atoms with E-state index < -0.39 is 5.37 Å². The molecule has 0 saturated carbocycles. The van der Waals surface area contributed by atoms with Gasteiger partial charge in [0.2, 0.25) is 0 Å². The molecule has 0 bridgehead atoms. The average Bonchev–Trinajstić information content (AvgIpc) is 1.87. The van der Waals surface area contributed by atoms with Crippen LogP contribution in [0.2, 0.25) is 0 Å². The fourth-order valence-electron chi connectivity index (χ4n) is 0.602. The summed E-state index contributed by atoms with van der Waals surface area (Å²) >= 11 is 5.08. The lowest BCUT2D eigenvalue weighted by molar-refractivity contribution is 0.216. The zero-order chi connectivity index (χ0) is 8.69. The second-order valence-corrected chi connectivity index (χ2v) is 2.21. The number of carbonyl (C=O) groups excluding carboxylic acids is 1. The van der Waals surface area contributed by atoms with Gasteiger partial charge in [-0.3, -0.25) is 10.2 Å². The number of hydrogen-bond donors (Lipinski definition) is 1. The van der Waals surface area contributed by atoms with Gasteiger partial charge in [0.15, 0.2) is 0 Å². The smallest absolute Gasteiger partial charge is 0.275 e. The van der Waals surface area contributed by atoms with Crippen molar-refractivity contribution in [1.29, 1.82) is 0 Å². The van der Waals surface area contributed by atoms with Crippen molar-refractivity contribution >= 4 is 17.0 Å². The molecular formula is C7H11ClN2O. The van der Waals surface area contributed by atoms with Crippen LogP contribution in [0, 0.1) is 0 Å². The highest BCUT2D eigenvalue weighted by Crippen LogP contribution is 1.86. The third-order valence-electron chi connectivity index (χ3n) is 0.945. The van der Waals surface area contributed by atoms with Gasteiger partial charge in [-0.1, -0.05) is 12.2 Å². The Morgan fingerprint density at radius 3 is 2.18 bits per heavy atom. The van der Waals surface area contributed by atoms with Crippen LogP contribution >= 0.6 is 11.6 Å². The fourth-order valence-corrected chi connectivity index (χ4v) is 0.721. The minimum absolute atomic E-state index is 0.546. The molecule has 0 aliphatic rings. The van der Waals surface area contributed by atoms with Gasteiger partial charge in [-0.25, -0.2) is 5.01 Å². The van der Waals surface area contributed by atoms with Crippen LogP contribution in [0.15, 0.2) is 25.3 Å². The number of halogens is 1. The first-order chi connectivity index (χ1) is 5.20. The highest BCUT2D eigenvalue weighted by Gasteiger charge is 2.01. The molecule has 0 aromatic rings. The Hall–Kier alpha value is -0.800. The molecule has 0 spiro atoms. The van der Waals surface area contributed by atoms with Gasteiger partial charge in [0.1, 0.15) is 0 Å². The van der Waals surface area contributed by atoms with E-state index in [0.717, 1.165) is 0 Å². The lowest BCUT2D eigenvalue weighted by Gasteiger charge is -2.17. The Morgan fingerprint density at radius 2 is 1.91 bits per heavy atom. The molecule has 62 valence electrons. The normalized spacial score (nSPS) is 9.27. The average molecular weight is 175 g/mol. The van der Waals surface area contributed by atoms with E-state index in [-0.39, 0.29) is 0 Å². The monoisotopic (exact) mass is 174 g/mol. The molecule has 0 rings (SSSR count). The molecule has 3 nitrogen and oxygen atoms in total. The molecule has 0 heterocycles. The molecule has 0 aromatic carbocycles. The molecule has 0 aliphatic heterocycles. The van der Waals surface area contributed by atoms with Crippen molar-refractivity contribution in [2.75, 3.05) is 13.1 Å². The minimum Gasteiger partial charge on any atom is -0.275 e. The van der Waals surface area contributed by atoms with Crippen molar-refractivity contribution < 1.29 is 4.79 Å². The zero-order valence-electron chi connectivity index (χ0n) is 6.22. The third-order valence-corrected chi connectivity index (χ3v) is 1.03. The van der Waals surface area contributed by atoms with Gasteiger partial charge < -0.3 is 0 Å². The van der Waals surface area contributed by atoms with E-state index in [2.05, 4.69) is 18.6 Å². The minimum atomic E-state index is -0.603. The molecule has 1 amide bonds. The number of hydrazine groups is 1. The van der Waals surface area contributed by atoms with Crippen LogP contribution in [0.5, 0.6) is 0 Å². The molecule has 4 heteroatoms. The standard InChI is InChI=1S/C7H11ClN2O/c1-3-5-10(6-4-2)9-7(8)11/h3-4H,1-2,5-6H2,(H,9,11). The number of carbonyl (C=O) groups is 1. The van der Waals surface area contributed by atoms with Crippen LogP contribution in [0.4, 0.5) is 4.79 Å². The summed E-state index contributed by atoms with van der Waals surface area (Å²) in [5.41, 5.74) is 2.40. The maximum atomic E-state index is 10.3. The predicted molar refractivity (Wildman–Crippen MR) is 46.4 cm³/mol. The number of amides is 1. The van der Waals surface area contributed by atoms with Gasteiger partial charge in [0.05, 0.1) is 0 Å². The Labute approximate surface area is 71.3 Å². The third kappa shape index (κ3) is 5.63. The van der Waals surface area contributed by atoms with E-state index in [1.807, 2.05) is 0 Å². The highest BCUT2D eigenvalue weighted by molar-refractivity contribution is 6.62. The van der Waals surface area contributed by atoms with Gasteiger partial charge >= 0.3 is 5.37 Å². The Bertz CT molecular complexity index is 149. The Kier molecular flexibility index (Phi) is 5.51. The molecule has 0 atom stereocenters. The van der Waals surface area contributed by atoms with Crippen molar-refractivity contribution in [2.24, 2.45) is 0 Å². The SMILES string of the molecule is C=CCN(CC=C)NC(=O)Cl. The number of nitrogens with zero attached hydrogens (tertiary/aromatic N) is 1. The van der Waals surface area contributed by atoms with Crippen LogP contribution in [0.1, 0.15) is 0 Å². The van der Waals surface area contributed by atoms with Crippen molar-refractivity contribution in [3.63, 3.8) is 0 Å². The van der Waals surface area contributed by atoms with E-state index in [1.54, 1.807) is 17.2 Å². The van der Waals surface area contributed by atoms with Crippen molar-refractivity contribution in [3.05, 3.63) is 25.3 Å². The van der Waals surface area contributed by atoms with Crippen LogP contribution in [-0.4, -0.2) is 23.5 Å². The largest absolute Gasteiger partial charge is 0.328 e. The molecule has 0 aliphatic carbocycles. The zero-order valence-corrected chi connectivity index (χ0v) is 6.97. The van der Waals surface area contributed by atoms with Crippen LogP contribution in [0.3, 0.4) is 0 Å². The second kappa shape index (κ2) is 5.95. The molecule has 0 radical (unpaired) electrons. The predicted octanol–water partition coefficient (Wildman–Crippen LogP) is 1.52. The second-order valence-electron chi connectivity index (χ2n) is 1.87. The highest BCUT2D eigenvalue weighted by atomic mass is 35.5. The molecular weight excluding hydrogens is 164 g/mol. The summed E-state index contributed by atoms with van der Waals surface area (Å²) in [7, 11) is 0. The molecule has 0 fully saturated rings. The lowest BCUT2D eigenvalue weighted by atomic mass is 10.5. The van der Waals surface area contributed by atoms with Crippen LogP contribution in [-0.2, 0) is 0 Å². The van der Waals surface area contributed by atoms with Gasteiger partial charge in [0, 0.05) is 13.1 Å². The Balaban J connectivity index is 3.76. The summed E-state index contributed by atoms with van der Waals surface area (Å²) in [6.45, 7) is 8.13. The van der Waals surface area contributed by atoms with Crippen molar-refractivity contribution in [2.45, 2.75) is 0 Å². The first-order valence-electron chi connectivity index (χ1n) is 3.13. The van der Waals surface area contributed by atoms with E-state index in [4.69, 9.17) is 11.6 Å². The van der Waals surface area contributed by atoms with E-state index in [1.165, 1.54) is 0 Å². The summed E-state index contributed by atoms with van der Waals surface area (Å²) in [5, 5.41) is 0.990.